The lowest BCUT2D eigenvalue weighted by Gasteiger charge is -2.18. The van der Waals surface area contributed by atoms with Gasteiger partial charge in [-0.3, -0.25) is 0 Å². The smallest absolute Gasteiger partial charge is 0.0574 e. The Bertz CT molecular complexity index is 546. The zero-order valence-electron chi connectivity index (χ0n) is 11.7. The first kappa shape index (κ1) is 14.1. The summed E-state index contributed by atoms with van der Waals surface area (Å²) in [7, 11) is 1.99. The van der Waals surface area contributed by atoms with Gasteiger partial charge in [-0.2, -0.15) is 0 Å². The van der Waals surface area contributed by atoms with Gasteiger partial charge >= 0.3 is 0 Å². The molecule has 0 aliphatic carbocycles. The molecule has 2 heteroatoms. The summed E-state index contributed by atoms with van der Waals surface area (Å²) in [5, 5.41) is 4.20. The van der Waals surface area contributed by atoms with Crippen LogP contribution in [0.5, 0.6) is 0 Å². The molecule has 1 atom stereocenters. The Morgan fingerprint density at radius 3 is 2.21 bits per heavy atom. The maximum atomic E-state index is 6.09. The zero-order valence-corrected chi connectivity index (χ0v) is 12.5. The average Bonchev–Trinajstić information content (AvgIpc) is 2.44. The maximum absolute atomic E-state index is 6.09. The fraction of sp³-hybridized carbons (Fsp3) is 0.294. The third kappa shape index (κ3) is 3.17. The maximum Gasteiger partial charge on any atom is 0.0574 e. The second-order valence-corrected chi connectivity index (χ2v) is 5.23. The first-order chi connectivity index (χ1) is 9.15. The fourth-order valence-electron chi connectivity index (χ4n) is 2.32. The Balaban J connectivity index is 2.34. The van der Waals surface area contributed by atoms with Crippen molar-refractivity contribution in [2.75, 3.05) is 7.05 Å². The van der Waals surface area contributed by atoms with Crippen LogP contribution in [0.1, 0.15) is 35.2 Å². The van der Waals surface area contributed by atoms with E-state index in [1.54, 1.807) is 0 Å². The van der Waals surface area contributed by atoms with Crippen LogP contribution in [-0.2, 0) is 6.42 Å². The summed E-state index contributed by atoms with van der Waals surface area (Å²) in [6.07, 6.45) is 1.07. The molecular formula is C17H20ClN. The van der Waals surface area contributed by atoms with E-state index in [9.17, 15) is 0 Å². The van der Waals surface area contributed by atoms with Gasteiger partial charge in [0.1, 0.15) is 0 Å². The minimum Gasteiger partial charge on any atom is -0.309 e. The highest BCUT2D eigenvalue weighted by atomic mass is 35.5. The van der Waals surface area contributed by atoms with E-state index in [0.717, 1.165) is 17.0 Å². The largest absolute Gasteiger partial charge is 0.309 e. The van der Waals surface area contributed by atoms with Crippen LogP contribution in [0.2, 0.25) is 5.02 Å². The van der Waals surface area contributed by atoms with Crippen molar-refractivity contribution < 1.29 is 0 Å². The van der Waals surface area contributed by atoms with Crippen LogP contribution >= 0.6 is 11.6 Å². The van der Waals surface area contributed by atoms with Crippen molar-refractivity contribution in [3.8, 4) is 0 Å². The van der Waals surface area contributed by atoms with Crippen molar-refractivity contribution in [2.45, 2.75) is 26.3 Å². The van der Waals surface area contributed by atoms with Crippen LogP contribution in [0.15, 0.2) is 42.5 Å². The van der Waals surface area contributed by atoms with Crippen molar-refractivity contribution in [3.63, 3.8) is 0 Å². The fourth-order valence-corrected chi connectivity index (χ4v) is 2.44. The number of hydrogen-bond donors (Lipinski definition) is 1. The molecule has 0 bridgehead atoms. The Kier molecular flexibility index (Phi) is 4.62. The van der Waals surface area contributed by atoms with E-state index in [4.69, 9.17) is 11.6 Å². The molecule has 0 spiro atoms. The van der Waals surface area contributed by atoms with Gasteiger partial charge in [0.05, 0.1) is 6.04 Å². The van der Waals surface area contributed by atoms with Gasteiger partial charge in [-0.1, -0.05) is 54.9 Å². The Hall–Kier alpha value is -1.31. The van der Waals surface area contributed by atoms with Crippen LogP contribution in [0, 0.1) is 6.92 Å². The lowest BCUT2D eigenvalue weighted by molar-refractivity contribution is 0.691. The van der Waals surface area contributed by atoms with Gasteiger partial charge in [0, 0.05) is 5.02 Å². The molecule has 0 aliphatic heterocycles. The monoisotopic (exact) mass is 273 g/mol. The van der Waals surface area contributed by atoms with Gasteiger partial charge in [0.25, 0.3) is 0 Å². The van der Waals surface area contributed by atoms with Crippen molar-refractivity contribution in [1.82, 2.24) is 5.32 Å². The highest BCUT2D eigenvalue weighted by Gasteiger charge is 2.12. The summed E-state index contributed by atoms with van der Waals surface area (Å²) in [6.45, 7) is 4.21. The van der Waals surface area contributed by atoms with Crippen molar-refractivity contribution in [3.05, 3.63) is 69.7 Å². The quantitative estimate of drug-likeness (QED) is 0.864. The topological polar surface area (TPSA) is 12.0 Å². The molecule has 2 aromatic carbocycles. The average molecular weight is 274 g/mol. The summed E-state index contributed by atoms with van der Waals surface area (Å²) < 4.78 is 0. The van der Waals surface area contributed by atoms with E-state index in [0.29, 0.717) is 0 Å². The van der Waals surface area contributed by atoms with E-state index in [-0.39, 0.29) is 6.04 Å². The molecule has 100 valence electrons. The number of halogens is 1. The number of nitrogens with one attached hydrogen (secondary N) is 1. The van der Waals surface area contributed by atoms with E-state index < -0.39 is 0 Å². The highest BCUT2D eigenvalue weighted by Crippen LogP contribution is 2.25. The molecule has 0 saturated carbocycles. The lowest BCUT2D eigenvalue weighted by atomic mass is 9.96. The molecule has 0 saturated heterocycles. The third-order valence-corrected chi connectivity index (χ3v) is 3.95. The summed E-state index contributed by atoms with van der Waals surface area (Å²) in [4.78, 5) is 0. The van der Waals surface area contributed by atoms with Crippen LogP contribution in [0.3, 0.4) is 0 Å². The van der Waals surface area contributed by atoms with Gasteiger partial charge in [-0.25, -0.2) is 0 Å². The molecular weight excluding hydrogens is 254 g/mol. The van der Waals surface area contributed by atoms with Gasteiger partial charge < -0.3 is 5.32 Å². The standard InChI is InChI=1S/C17H20ClN/c1-4-13-5-7-14(8-6-13)17(19-3)15-9-10-16(18)12(2)11-15/h5-11,17,19H,4H2,1-3H3. The zero-order chi connectivity index (χ0) is 13.8. The molecule has 19 heavy (non-hydrogen) atoms. The summed E-state index contributed by atoms with van der Waals surface area (Å²) in [5.41, 5.74) is 5.01. The highest BCUT2D eigenvalue weighted by molar-refractivity contribution is 6.31. The van der Waals surface area contributed by atoms with E-state index in [1.807, 2.05) is 20.0 Å². The van der Waals surface area contributed by atoms with Gasteiger partial charge in [0.15, 0.2) is 0 Å². The van der Waals surface area contributed by atoms with Gasteiger partial charge in [-0.05, 0) is 48.7 Å². The van der Waals surface area contributed by atoms with Crippen molar-refractivity contribution in [2.24, 2.45) is 0 Å². The molecule has 0 aliphatic rings. The Morgan fingerprint density at radius 2 is 1.68 bits per heavy atom. The molecule has 0 fully saturated rings. The third-order valence-electron chi connectivity index (χ3n) is 3.53. The predicted molar refractivity (Wildman–Crippen MR) is 82.9 cm³/mol. The first-order valence-electron chi connectivity index (χ1n) is 6.68. The second kappa shape index (κ2) is 6.23. The number of benzene rings is 2. The van der Waals surface area contributed by atoms with E-state index in [1.165, 1.54) is 16.7 Å². The molecule has 2 rings (SSSR count). The van der Waals surface area contributed by atoms with Crippen LogP contribution in [0.4, 0.5) is 0 Å². The number of aryl methyl sites for hydroxylation is 2. The van der Waals surface area contributed by atoms with Crippen LogP contribution in [0.25, 0.3) is 0 Å². The minimum atomic E-state index is 0.210. The summed E-state index contributed by atoms with van der Waals surface area (Å²) in [6, 6.07) is 15.2. The number of rotatable bonds is 4. The first-order valence-corrected chi connectivity index (χ1v) is 7.05. The van der Waals surface area contributed by atoms with Gasteiger partial charge in [-0.15, -0.1) is 0 Å². The number of hydrogen-bond acceptors (Lipinski definition) is 1. The van der Waals surface area contributed by atoms with Crippen LogP contribution in [-0.4, -0.2) is 7.05 Å². The molecule has 1 unspecified atom stereocenters. The molecule has 2 aromatic rings. The van der Waals surface area contributed by atoms with Crippen molar-refractivity contribution >= 4 is 11.6 Å². The Morgan fingerprint density at radius 1 is 1.05 bits per heavy atom. The molecule has 0 radical (unpaired) electrons. The normalized spacial score (nSPS) is 12.4. The second-order valence-electron chi connectivity index (χ2n) is 4.83. The molecule has 1 nitrogen and oxygen atoms in total. The van der Waals surface area contributed by atoms with Crippen molar-refractivity contribution in [1.29, 1.82) is 0 Å². The summed E-state index contributed by atoms with van der Waals surface area (Å²) in [5.74, 6) is 0. The molecule has 0 heterocycles. The molecule has 0 amide bonds. The van der Waals surface area contributed by atoms with E-state index in [2.05, 4.69) is 48.6 Å². The van der Waals surface area contributed by atoms with Gasteiger partial charge in [0.2, 0.25) is 0 Å². The lowest BCUT2D eigenvalue weighted by Crippen LogP contribution is -2.17. The Labute approximate surface area is 120 Å². The summed E-state index contributed by atoms with van der Waals surface area (Å²) >= 11 is 6.09. The van der Waals surface area contributed by atoms with E-state index >= 15 is 0 Å². The minimum absolute atomic E-state index is 0.210. The molecule has 0 aromatic heterocycles. The predicted octanol–water partition coefficient (Wildman–Crippen LogP) is 4.52. The van der Waals surface area contributed by atoms with Crippen LogP contribution < -0.4 is 5.32 Å². The SMILES string of the molecule is CCc1ccc(C(NC)c2ccc(Cl)c(C)c2)cc1. The molecule has 1 N–H and O–H groups in total.